The van der Waals surface area contributed by atoms with Gasteiger partial charge in [-0.3, -0.25) is 0 Å². The highest BCUT2D eigenvalue weighted by molar-refractivity contribution is 5.85. The third-order valence-electron chi connectivity index (χ3n) is 2.32. The number of nitrogens with two attached hydrogens (primary N) is 1. The van der Waals surface area contributed by atoms with E-state index in [-0.39, 0.29) is 18.0 Å². The lowest BCUT2D eigenvalue weighted by molar-refractivity contribution is 0.585. The Morgan fingerprint density at radius 1 is 1.11 bits per heavy atom. The second kappa shape index (κ2) is 6.37. The van der Waals surface area contributed by atoms with Crippen LogP contribution in [0.15, 0.2) is 30.6 Å². The molecule has 0 aliphatic heterocycles. The van der Waals surface area contributed by atoms with Gasteiger partial charge in [-0.15, -0.1) is 12.4 Å². The Hall–Kier alpha value is -1.59. The van der Waals surface area contributed by atoms with Crippen LogP contribution in [0.4, 0.5) is 8.78 Å². The van der Waals surface area contributed by atoms with Gasteiger partial charge in [0.1, 0.15) is 17.5 Å². The second-order valence-electron chi connectivity index (χ2n) is 3.55. The van der Waals surface area contributed by atoms with Crippen LogP contribution in [0, 0.1) is 11.6 Å². The van der Waals surface area contributed by atoms with E-state index in [0.717, 1.165) is 6.07 Å². The van der Waals surface area contributed by atoms with E-state index in [4.69, 9.17) is 5.73 Å². The summed E-state index contributed by atoms with van der Waals surface area (Å²) < 4.78 is 26.2. The summed E-state index contributed by atoms with van der Waals surface area (Å²) in [4.78, 5) is 8.11. The lowest BCUT2D eigenvalue weighted by Gasteiger charge is -2.03. The van der Waals surface area contributed by atoms with Gasteiger partial charge in [0.15, 0.2) is 0 Å². The van der Waals surface area contributed by atoms with Crippen molar-refractivity contribution in [2.45, 2.75) is 6.42 Å². The monoisotopic (exact) mass is 271 g/mol. The molecule has 96 valence electrons. The molecule has 0 aliphatic rings. The molecule has 0 saturated carbocycles. The van der Waals surface area contributed by atoms with Gasteiger partial charge in [0.25, 0.3) is 0 Å². The van der Waals surface area contributed by atoms with Crippen LogP contribution in [0.2, 0.25) is 0 Å². The van der Waals surface area contributed by atoms with Gasteiger partial charge in [-0.1, -0.05) is 0 Å². The van der Waals surface area contributed by atoms with Gasteiger partial charge in [-0.25, -0.2) is 18.7 Å². The molecule has 2 rings (SSSR count). The third kappa shape index (κ3) is 3.21. The maximum absolute atomic E-state index is 13.5. The highest BCUT2D eigenvalue weighted by Gasteiger charge is 2.07. The van der Waals surface area contributed by atoms with Crippen molar-refractivity contribution in [3.05, 3.63) is 48.1 Å². The van der Waals surface area contributed by atoms with Crippen molar-refractivity contribution in [2.24, 2.45) is 5.73 Å². The van der Waals surface area contributed by atoms with Crippen molar-refractivity contribution in [1.29, 1.82) is 0 Å². The number of hydrogen-bond donors (Lipinski definition) is 1. The molecule has 0 bridgehead atoms. The summed E-state index contributed by atoms with van der Waals surface area (Å²) in [7, 11) is 0. The molecule has 0 unspecified atom stereocenters. The van der Waals surface area contributed by atoms with Gasteiger partial charge in [-0.2, -0.15) is 0 Å². The van der Waals surface area contributed by atoms with E-state index in [1.807, 2.05) is 0 Å². The zero-order valence-electron chi connectivity index (χ0n) is 9.44. The summed E-state index contributed by atoms with van der Waals surface area (Å²) in [6, 6.07) is 3.40. The first-order chi connectivity index (χ1) is 8.20. The number of hydrogen-bond acceptors (Lipinski definition) is 3. The second-order valence-corrected chi connectivity index (χ2v) is 3.55. The summed E-state index contributed by atoms with van der Waals surface area (Å²) in [5.41, 5.74) is 6.17. The molecule has 18 heavy (non-hydrogen) atoms. The Balaban J connectivity index is 0.00000162. The molecule has 2 aromatic rings. The normalized spacial score (nSPS) is 9.94. The van der Waals surface area contributed by atoms with Crippen molar-refractivity contribution >= 4 is 12.4 Å². The summed E-state index contributed by atoms with van der Waals surface area (Å²) in [5, 5.41) is 0. The molecule has 0 fully saturated rings. The number of benzene rings is 1. The fourth-order valence-corrected chi connectivity index (χ4v) is 1.48. The zero-order valence-corrected chi connectivity index (χ0v) is 10.3. The molecule has 2 N–H and O–H groups in total. The number of aromatic nitrogens is 2. The predicted octanol–water partition coefficient (Wildman–Crippen LogP) is 2.34. The quantitative estimate of drug-likeness (QED) is 0.932. The number of nitrogens with zero attached hydrogens (tertiary/aromatic N) is 2. The standard InChI is InChI=1S/C12H11F2N3.ClH/c13-9-1-2-10(11(14)5-9)8-6-16-12(3-4-15)17-7-8;/h1-2,5-7H,3-4,15H2;1H. The Labute approximate surface area is 109 Å². The Morgan fingerprint density at radius 3 is 2.33 bits per heavy atom. The minimum Gasteiger partial charge on any atom is -0.330 e. The van der Waals surface area contributed by atoms with Crippen LogP contribution in [-0.4, -0.2) is 16.5 Å². The molecule has 1 heterocycles. The number of rotatable bonds is 3. The smallest absolute Gasteiger partial charge is 0.134 e. The van der Waals surface area contributed by atoms with Gasteiger partial charge in [-0.05, 0) is 18.7 Å². The molecule has 1 aromatic carbocycles. The van der Waals surface area contributed by atoms with Crippen LogP contribution in [0.25, 0.3) is 11.1 Å². The van der Waals surface area contributed by atoms with E-state index >= 15 is 0 Å². The van der Waals surface area contributed by atoms with Crippen molar-refractivity contribution in [2.75, 3.05) is 6.54 Å². The minimum absolute atomic E-state index is 0. The summed E-state index contributed by atoms with van der Waals surface area (Å²) in [6.45, 7) is 0.463. The van der Waals surface area contributed by atoms with Crippen LogP contribution in [0.3, 0.4) is 0 Å². The molecule has 0 amide bonds. The average molecular weight is 272 g/mol. The van der Waals surface area contributed by atoms with Crippen LogP contribution in [-0.2, 0) is 6.42 Å². The third-order valence-corrected chi connectivity index (χ3v) is 2.32. The molecule has 0 atom stereocenters. The molecule has 0 radical (unpaired) electrons. The lowest BCUT2D eigenvalue weighted by atomic mass is 10.1. The SMILES string of the molecule is Cl.NCCc1ncc(-c2ccc(F)cc2F)cn1. The molecule has 0 saturated heterocycles. The first kappa shape index (κ1) is 14.5. The number of halogens is 3. The first-order valence-corrected chi connectivity index (χ1v) is 5.17. The maximum Gasteiger partial charge on any atom is 0.134 e. The predicted molar refractivity (Wildman–Crippen MR) is 67.4 cm³/mol. The molecule has 0 spiro atoms. The van der Waals surface area contributed by atoms with E-state index in [1.54, 1.807) is 0 Å². The van der Waals surface area contributed by atoms with Crippen molar-refractivity contribution in [3.8, 4) is 11.1 Å². The van der Waals surface area contributed by atoms with Crippen molar-refractivity contribution < 1.29 is 8.78 Å². The van der Waals surface area contributed by atoms with Crippen LogP contribution < -0.4 is 5.73 Å². The highest BCUT2D eigenvalue weighted by atomic mass is 35.5. The fourth-order valence-electron chi connectivity index (χ4n) is 1.48. The molecule has 0 aliphatic carbocycles. The van der Waals surface area contributed by atoms with E-state index in [0.29, 0.717) is 24.4 Å². The molecular weight excluding hydrogens is 260 g/mol. The zero-order chi connectivity index (χ0) is 12.3. The van der Waals surface area contributed by atoms with Crippen LogP contribution in [0.5, 0.6) is 0 Å². The average Bonchev–Trinajstić information content (AvgIpc) is 2.31. The fraction of sp³-hybridized carbons (Fsp3) is 0.167. The maximum atomic E-state index is 13.5. The Bertz CT molecular complexity index is 517. The summed E-state index contributed by atoms with van der Waals surface area (Å²) in [6.07, 6.45) is 3.59. The largest absolute Gasteiger partial charge is 0.330 e. The van der Waals surface area contributed by atoms with Crippen LogP contribution in [0.1, 0.15) is 5.82 Å². The summed E-state index contributed by atoms with van der Waals surface area (Å²) >= 11 is 0. The lowest BCUT2D eigenvalue weighted by Crippen LogP contribution is -2.06. The van der Waals surface area contributed by atoms with E-state index in [2.05, 4.69) is 9.97 Å². The molecule has 1 aromatic heterocycles. The molecule has 3 nitrogen and oxygen atoms in total. The highest BCUT2D eigenvalue weighted by Crippen LogP contribution is 2.21. The van der Waals surface area contributed by atoms with Gasteiger partial charge < -0.3 is 5.73 Å². The first-order valence-electron chi connectivity index (χ1n) is 5.17. The van der Waals surface area contributed by atoms with Gasteiger partial charge in [0.05, 0.1) is 0 Å². The minimum atomic E-state index is -0.625. The molecule has 6 heteroatoms. The Kier molecular flexibility index (Phi) is 5.12. The van der Waals surface area contributed by atoms with Gasteiger partial charge in [0, 0.05) is 36.0 Å². The van der Waals surface area contributed by atoms with Crippen LogP contribution >= 0.6 is 12.4 Å². The summed E-state index contributed by atoms with van der Waals surface area (Å²) in [5.74, 6) is -0.620. The van der Waals surface area contributed by atoms with Gasteiger partial charge in [0.2, 0.25) is 0 Å². The van der Waals surface area contributed by atoms with Crippen molar-refractivity contribution in [3.63, 3.8) is 0 Å². The van der Waals surface area contributed by atoms with Gasteiger partial charge >= 0.3 is 0 Å². The van der Waals surface area contributed by atoms with Crippen molar-refractivity contribution in [1.82, 2.24) is 9.97 Å². The Morgan fingerprint density at radius 2 is 1.78 bits per heavy atom. The van der Waals surface area contributed by atoms with E-state index in [1.165, 1.54) is 24.5 Å². The van der Waals surface area contributed by atoms with E-state index < -0.39 is 11.6 Å². The topological polar surface area (TPSA) is 51.8 Å². The molecular formula is C12H12ClF2N3. The van der Waals surface area contributed by atoms with E-state index in [9.17, 15) is 8.78 Å².